The lowest BCUT2D eigenvalue weighted by molar-refractivity contribution is -0.131. The van der Waals surface area contributed by atoms with Gasteiger partial charge in [0.1, 0.15) is 34.6 Å². The van der Waals surface area contributed by atoms with E-state index in [9.17, 15) is 19.2 Å². The molecule has 0 heterocycles. The van der Waals surface area contributed by atoms with Crippen LogP contribution in [0.25, 0.3) is 0 Å². The van der Waals surface area contributed by atoms with Gasteiger partial charge in [0.2, 0.25) is 0 Å². The van der Waals surface area contributed by atoms with E-state index in [4.69, 9.17) is 4.74 Å². The summed E-state index contributed by atoms with van der Waals surface area (Å²) in [7, 11) is 0. The molecule has 0 fully saturated rings. The summed E-state index contributed by atoms with van der Waals surface area (Å²) in [5.41, 5.74) is 0. The molecule has 0 amide bonds. The molecule has 0 aliphatic carbocycles. The second-order valence-electron chi connectivity index (χ2n) is 7.21. The largest absolute Gasteiger partial charge is 0.457 e. The Morgan fingerprint density at radius 3 is 1.16 bits per heavy atom. The number of hydrogen-bond donors (Lipinski definition) is 0. The molecule has 0 saturated carbocycles. The molecule has 31 heavy (non-hydrogen) atoms. The first-order valence-corrected chi connectivity index (χ1v) is 11.8. The third-order valence-corrected chi connectivity index (χ3v) is 6.89. The Bertz CT molecular complexity index is 830. The summed E-state index contributed by atoms with van der Waals surface area (Å²) < 4.78 is 5.86. The predicted octanol–water partition coefficient (Wildman–Crippen LogP) is 5.25. The minimum atomic E-state index is -0.571. The molecule has 0 aliphatic rings. The van der Waals surface area contributed by atoms with Crippen LogP contribution in [0.5, 0.6) is 11.5 Å². The molecule has 2 rings (SSSR count). The molecule has 0 saturated heterocycles. The summed E-state index contributed by atoms with van der Waals surface area (Å²) in [6, 6.07) is 14.9. The van der Waals surface area contributed by atoms with Gasteiger partial charge in [0.15, 0.2) is 0 Å². The fourth-order valence-corrected chi connectivity index (χ4v) is 5.06. The van der Waals surface area contributed by atoms with Gasteiger partial charge >= 0.3 is 0 Å². The summed E-state index contributed by atoms with van der Waals surface area (Å²) in [6.07, 6.45) is 0. The molecular formula is C24H26O5S2. The molecule has 2 aromatic rings. The number of Topliss-reactive ketones (excluding diaryl/α,β-unsaturated/α-hetero) is 4. The maximum atomic E-state index is 11.5. The van der Waals surface area contributed by atoms with Crippen molar-refractivity contribution >= 4 is 46.7 Å². The van der Waals surface area contributed by atoms with E-state index in [2.05, 4.69) is 0 Å². The van der Waals surface area contributed by atoms with Crippen molar-refractivity contribution in [3.63, 3.8) is 0 Å². The Kier molecular flexibility index (Phi) is 9.52. The quantitative estimate of drug-likeness (QED) is 0.317. The van der Waals surface area contributed by atoms with Gasteiger partial charge in [-0.2, -0.15) is 0 Å². The van der Waals surface area contributed by atoms with Gasteiger partial charge < -0.3 is 4.74 Å². The van der Waals surface area contributed by atoms with Gasteiger partial charge in [-0.05, 0) is 76.2 Å². The molecule has 0 radical (unpaired) electrons. The van der Waals surface area contributed by atoms with Crippen molar-refractivity contribution in [2.75, 3.05) is 11.5 Å². The summed E-state index contributed by atoms with van der Waals surface area (Å²) >= 11 is 2.93. The van der Waals surface area contributed by atoms with Crippen LogP contribution in [0.15, 0.2) is 58.3 Å². The number of ether oxygens (including phenoxy) is 1. The SMILES string of the molecule is CC(=O)C(CSc1ccc(Oc2ccc(SCC(C(C)=O)C(C)=O)cc2)cc1)C(C)=O. The Morgan fingerprint density at radius 1 is 0.613 bits per heavy atom. The van der Waals surface area contributed by atoms with E-state index in [1.165, 1.54) is 51.2 Å². The standard InChI is InChI=1S/C24H26O5S2/c1-15(25)23(16(2)26)13-30-21-9-5-19(6-10-21)29-20-7-11-22(12-8-20)31-14-24(17(3)27)18(4)28/h5-12,23-24H,13-14H2,1-4H3. The molecule has 0 aliphatic heterocycles. The monoisotopic (exact) mass is 458 g/mol. The molecule has 2 aromatic carbocycles. The summed E-state index contributed by atoms with van der Waals surface area (Å²) in [5, 5.41) is 0. The first-order chi connectivity index (χ1) is 14.7. The topological polar surface area (TPSA) is 77.5 Å². The van der Waals surface area contributed by atoms with E-state index in [-0.39, 0.29) is 23.1 Å². The maximum absolute atomic E-state index is 11.5. The van der Waals surface area contributed by atoms with E-state index in [1.807, 2.05) is 48.5 Å². The van der Waals surface area contributed by atoms with Gasteiger partial charge in [-0.15, -0.1) is 23.5 Å². The van der Waals surface area contributed by atoms with E-state index in [1.54, 1.807) is 0 Å². The van der Waals surface area contributed by atoms with Gasteiger partial charge in [-0.1, -0.05) is 0 Å². The fourth-order valence-electron chi connectivity index (χ4n) is 2.74. The number of carbonyl (C=O) groups is 4. The third kappa shape index (κ3) is 7.99. The highest BCUT2D eigenvalue weighted by Gasteiger charge is 2.20. The second kappa shape index (κ2) is 11.9. The number of carbonyl (C=O) groups excluding carboxylic acids is 4. The Morgan fingerprint density at radius 2 is 0.903 bits per heavy atom. The number of thioether (sulfide) groups is 2. The summed E-state index contributed by atoms with van der Waals surface area (Å²) in [4.78, 5) is 48.1. The Hall–Kier alpha value is -2.38. The Labute approximate surface area is 191 Å². The average Bonchev–Trinajstić information content (AvgIpc) is 2.69. The lowest BCUT2D eigenvalue weighted by atomic mass is 10.0. The molecule has 0 atom stereocenters. The van der Waals surface area contributed by atoms with Crippen LogP contribution >= 0.6 is 23.5 Å². The molecule has 0 unspecified atom stereocenters. The van der Waals surface area contributed by atoms with Crippen molar-refractivity contribution < 1.29 is 23.9 Å². The highest BCUT2D eigenvalue weighted by molar-refractivity contribution is 7.99. The van der Waals surface area contributed by atoms with Crippen LogP contribution in [-0.2, 0) is 19.2 Å². The highest BCUT2D eigenvalue weighted by Crippen LogP contribution is 2.29. The first kappa shape index (κ1) is 24.9. The van der Waals surface area contributed by atoms with Crippen LogP contribution in [0.2, 0.25) is 0 Å². The van der Waals surface area contributed by atoms with Crippen molar-refractivity contribution in [2.24, 2.45) is 11.8 Å². The number of hydrogen-bond acceptors (Lipinski definition) is 7. The van der Waals surface area contributed by atoms with Crippen LogP contribution in [0.1, 0.15) is 27.7 Å². The first-order valence-electron chi connectivity index (χ1n) is 9.82. The van der Waals surface area contributed by atoms with Crippen LogP contribution < -0.4 is 4.74 Å². The van der Waals surface area contributed by atoms with Crippen molar-refractivity contribution in [2.45, 2.75) is 37.5 Å². The number of ketones is 4. The van der Waals surface area contributed by atoms with Crippen molar-refractivity contribution in [3.05, 3.63) is 48.5 Å². The molecule has 0 bridgehead atoms. The number of rotatable bonds is 12. The Balaban J connectivity index is 1.90. The molecular weight excluding hydrogens is 432 g/mol. The van der Waals surface area contributed by atoms with Crippen LogP contribution in [-0.4, -0.2) is 34.6 Å². The van der Waals surface area contributed by atoms with E-state index >= 15 is 0 Å². The van der Waals surface area contributed by atoms with Gasteiger partial charge in [-0.3, -0.25) is 19.2 Å². The smallest absolute Gasteiger partial charge is 0.141 e. The number of benzene rings is 2. The molecule has 0 N–H and O–H groups in total. The van der Waals surface area contributed by atoms with Crippen LogP contribution in [0.4, 0.5) is 0 Å². The van der Waals surface area contributed by atoms with E-state index in [0.29, 0.717) is 23.0 Å². The molecule has 5 nitrogen and oxygen atoms in total. The average molecular weight is 459 g/mol. The van der Waals surface area contributed by atoms with Gasteiger partial charge in [-0.25, -0.2) is 0 Å². The van der Waals surface area contributed by atoms with E-state index in [0.717, 1.165) is 9.79 Å². The van der Waals surface area contributed by atoms with Gasteiger partial charge in [0, 0.05) is 21.3 Å². The fraction of sp³-hybridized carbons (Fsp3) is 0.333. The predicted molar refractivity (Wildman–Crippen MR) is 124 cm³/mol. The van der Waals surface area contributed by atoms with E-state index < -0.39 is 11.8 Å². The summed E-state index contributed by atoms with van der Waals surface area (Å²) in [6.45, 7) is 5.77. The zero-order valence-electron chi connectivity index (χ0n) is 18.0. The molecule has 7 heteroatoms. The van der Waals surface area contributed by atoms with Gasteiger partial charge in [0.25, 0.3) is 0 Å². The van der Waals surface area contributed by atoms with Crippen LogP contribution in [0, 0.1) is 11.8 Å². The second-order valence-corrected chi connectivity index (χ2v) is 9.40. The molecule has 0 spiro atoms. The normalized spacial score (nSPS) is 10.9. The van der Waals surface area contributed by atoms with Crippen molar-refractivity contribution in [1.29, 1.82) is 0 Å². The van der Waals surface area contributed by atoms with Crippen LogP contribution in [0.3, 0.4) is 0 Å². The third-order valence-electron chi connectivity index (χ3n) is 4.68. The molecule has 164 valence electrons. The minimum absolute atomic E-state index is 0.111. The lowest BCUT2D eigenvalue weighted by Crippen LogP contribution is -2.21. The zero-order valence-corrected chi connectivity index (χ0v) is 19.7. The lowest BCUT2D eigenvalue weighted by Gasteiger charge is -2.11. The minimum Gasteiger partial charge on any atom is -0.457 e. The highest BCUT2D eigenvalue weighted by atomic mass is 32.2. The van der Waals surface area contributed by atoms with Gasteiger partial charge in [0.05, 0.1) is 11.8 Å². The van der Waals surface area contributed by atoms with Crippen molar-refractivity contribution in [3.8, 4) is 11.5 Å². The maximum Gasteiger partial charge on any atom is 0.141 e. The zero-order chi connectivity index (χ0) is 23.0. The summed E-state index contributed by atoms with van der Waals surface area (Å²) in [5.74, 6) is 0.618. The van der Waals surface area contributed by atoms with Crippen molar-refractivity contribution in [1.82, 2.24) is 0 Å². The molecule has 0 aromatic heterocycles.